The van der Waals surface area contributed by atoms with Crippen molar-refractivity contribution < 1.29 is 14.3 Å². The van der Waals surface area contributed by atoms with Gasteiger partial charge in [0.05, 0.1) is 11.4 Å². The van der Waals surface area contributed by atoms with Gasteiger partial charge in [-0.1, -0.05) is 41.9 Å². The van der Waals surface area contributed by atoms with Crippen LogP contribution in [-0.4, -0.2) is 66.2 Å². The highest BCUT2D eigenvalue weighted by Crippen LogP contribution is 2.30. The van der Waals surface area contributed by atoms with E-state index in [0.717, 1.165) is 29.7 Å². The van der Waals surface area contributed by atoms with Gasteiger partial charge >= 0.3 is 6.09 Å². The monoisotopic (exact) mass is 555 g/mol. The van der Waals surface area contributed by atoms with Gasteiger partial charge in [-0.25, -0.2) is 9.79 Å². The van der Waals surface area contributed by atoms with Crippen molar-refractivity contribution >= 4 is 52.3 Å². The molecule has 2 N–H and O–H groups in total. The fraction of sp³-hybridized carbons (Fsp3) is 0.429. The number of thiocarbonyl (C=S) groups is 1. The third-order valence-corrected chi connectivity index (χ3v) is 6.93. The van der Waals surface area contributed by atoms with Crippen molar-refractivity contribution in [3.05, 3.63) is 64.7 Å². The number of likely N-dealkylation sites (tertiary alicyclic amines) is 1. The van der Waals surface area contributed by atoms with Gasteiger partial charge < -0.3 is 25.2 Å². The van der Waals surface area contributed by atoms with Crippen molar-refractivity contribution in [2.45, 2.75) is 45.4 Å². The number of nitrogens with one attached hydrogen (secondary N) is 2. The number of benzene rings is 2. The minimum Gasteiger partial charge on any atom is -0.444 e. The predicted molar refractivity (Wildman–Crippen MR) is 155 cm³/mol. The van der Waals surface area contributed by atoms with E-state index < -0.39 is 11.8 Å². The number of anilines is 1. The molecule has 2 unspecified atom stereocenters. The summed E-state index contributed by atoms with van der Waals surface area (Å²) in [5, 5.41) is 7.21. The van der Waals surface area contributed by atoms with Crippen molar-refractivity contribution in [3.63, 3.8) is 0 Å². The van der Waals surface area contributed by atoms with E-state index in [4.69, 9.17) is 33.5 Å². The highest BCUT2D eigenvalue weighted by atomic mass is 35.5. The number of amides is 2. The van der Waals surface area contributed by atoms with Crippen LogP contribution in [0, 0.1) is 5.92 Å². The smallest absolute Gasteiger partial charge is 0.410 e. The van der Waals surface area contributed by atoms with Gasteiger partial charge in [-0.05, 0) is 69.9 Å². The Morgan fingerprint density at radius 1 is 1.21 bits per heavy atom. The van der Waals surface area contributed by atoms with Crippen molar-refractivity contribution in [1.29, 1.82) is 0 Å². The van der Waals surface area contributed by atoms with Gasteiger partial charge in [0, 0.05) is 42.8 Å². The highest BCUT2D eigenvalue weighted by molar-refractivity contribution is 7.80. The molecule has 202 valence electrons. The van der Waals surface area contributed by atoms with Crippen molar-refractivity contribution in [2.75, 3.05) is 31.6 Å². The zero-order valence-corrected chi connectivity index (χ0v) is 23.7. The molecule has 0 spiro atoms. The number of likely N-dealkylation sites (N-methyl/N-ethyl adjacent to an activating group) is 1. The molecule has 0 aliphatic carbocycles. The molecule has 10 heteroatoms. The van der Waals surface area contributed by atoms with Crippen LogP contribution in [0.2, 0.25) is 5.02 Å². The number of carbonyl (C=O) groups excluding carboxylic acids is 2. The van der Waals surface area contributed by atoms with Crippen LogP contribution in [0.1, 0.15) is 44.7 Å². The molecule has 0 aromatic heterocycles. The zero-order valence-electron chi connectivity index (χ0n) is 22.2. The van der Waals surface area contributed by atoms with Crippen LogP contribution in [-0.2, 0) is 9.53 Å². The predicted octanol–water partition coefficient (Wildman–Crippen LogP) is 4.59. The number of aliphatic imine (C=N–C) groups is 1. The van der Waals surface area contributed by atoms with E-state index in [1.54, 1.807) is 22.9 Å². The molecule has 2 aromatic carbocycles. The quantitative estimate of drug-likeness (QED) is 0.537. The van der Waals surface area contributed by atoms with Crippen molar-refractivity contribution in [2.24, 2.45) is 10.9 Å². The lowest BCUT2D eigenvalue weighted by molar-refractivity contribution is -0.119. The Kier molecular flexibility index (Phi) is 8.57. The summed E-state index contributed by atoms with van der Waals surface area (Å²) in [5.74, 6) is -0.0317. The summed E-state index contributed by atoms with van der Waals surface area (Å²) in [6.45, 7) is 7.42. The SMILES string of the molecule is CN1C(=O)C(NC(=S)NCC2CCCN(C(=O)OC(C)(C)C)C2)N=C(c2ccccc2)c2cc(Cl)ccc21. The third kappa shape index (κ3) is 6.82. The molecule has 1 fully saturated rings. The van der Waals surface area contributed by atoms with Gasteiger partial charge in [0.2, 0.25) is 6.17 Å². The Balaban J connectivity index is 1.46. The van der Waals surface area contributed by atoms with Crippen molar-refractivity contribution in [1.82, 2.24) is 15.5 Å². The summed E-state index contributed by atoms with van der Waals surface area (Å²) in [6.07, 6.45) is 0.638. The number of benzodiazepines with no additional fused rings is 1. The van der Waals surface area contributed by atoms with Crippen molar-refractivity contribution in [3.8, 4) is 0 Å². The first-order chi connectivity index (χ1) is 18.0. The number of piperidine rings is 1. The van der Waals surface area contributed by atoms with Gasteiger partial charge in [-0.15, -0.1) is 0 Å². The largest absolute Gasteiger partial charge is 0.444 e. The molecule has 0 bridgehead atoms. The molecule has 2 heterocycles. The van der Waals surface area contributed by atoms with Gasteiger partial charge in [-0.2, -0.15) is 0 Å². The van der Waals surface area contributed by atoms with Gasteiger partial charge in [0.1, 0.15) is 5.60 Å². The summed E-state index contributed by atoms with van der Waals surface area (Å²) < 4.78 is 5.53. The summed E-state index contributed by atoms with van der Waals surface area (Å²) in [4.78, 5) is 34.1. The third-order valence-electron chi connectivity index (χ3n) is 6.43. The normalized spacial score (nSPS) is 19.7. The summed E-state index contributed by atoms with van der Waals surface area (Å²) in [7, 11) is 1.72. The fourth-order valence-corrected chi connectivity index (χ4v) is 4.97. The van der Waals surface area contributed by atoms with Gasteiger partial charge in [0.15, 0.2) is 5.11 Å². The number of fused-ring (bicyclic) bond motifs is 1. The lowest BCUT2D eigenvalue weighted by Gasteiger charge is -2.34. The van der Waals surface area contributed by atoms with E-state index in [9.17, 15) is 9.59 Å². The number of carbonyl (C=O) groups is 2. The maximum Gasteiger partial charge on any atom is 0.410 e. The number of halogens is 1. The molecule has 2 aliphatic rings. The molecule has 38 heavy (non-hydrogen) atoms. The zero-order chi connectivity index (χ0) is 27.4. The van der Waals surface area contributed by atoms with Crippen LogP contribution in [0.5, 0.6) is 0 Å². The van der Waals surface area contributed by atoms with E-state index in [-0.39, 0.29) is 17.9 Å². The highest BCUT2D eigenvalue weighted by Gasteiger charge is 2.31. The first kappa shape index (κ1) is 27.9. The molecule has 0 saturated carbocycles. The molecular formula is C28H34ClN5O3S. The minimum atomic E-state index is -0.925. The Morgan fingerprint density at radius 3 is 2.66 bits per heavy atom. The molecule has 2 aliphatic heterocycles. The lowest BCUT2D eigenvalue weighted by atomic mass is 9.98. The van der Waals surface area contributed by atoms with Gasteiger partial charge in [-0.3, -0.25) is 4.79 Å². The lowest BCUT2D eigenvalue weighted by Crippen LogP contribution is -2.51. The molecule has 8 nitrogen and oxygen atoms in total. The Bertz CT molecular complexity index is 1230. The second kappa shape index (κ2) is 11.7. The van der Waals surface area contributed by atoms with E-state index in [0.29, 0.717) is 35.5 Å². The van der Waals surface area contributed by atoms with Crippen LogP contribution in [0.3, 0.4) is 0 Å². The molecule has 2 amide bonds. The van der Waals surface area contributed by atoms with E-state index in [1.807, 2.05) is 63.2 Å². The first-order valence-corrected chi connectivity index (χ1v) is 13.5. The second-order valence-corrected chi connectivity index (χ2v) is 11.4. The molecule has 4 rings (SSSR count). The molecule has 0 radical (unpaired) electrons. The number of hydrogen-bond acceptors (Lipinski definition) is 5. The maximum absolute atomic E-state index is 13.4. The van der Waals surface area contributed by atoms with Crippen LogP contribution in [0.25, 0.3) is 0 Å². The van der Waals surface area contributed by atoms with E-state index >= 15 is 0 Å². The maximum atomic E-state index is 13.4. The number of rotatable bonds is 4. The van der Waals surface area contributed by atoms with Crippen LogP contribution >= 0.6 is 23.8 Å². The Morgan fingerprint density at radius 2 is 1.95 bits per heavy atom. The minimum absolute atomic E-state index is 0.207. The molecular weight excluding hydrogens is 522 g/mol. The molecule has 2 atom stereocenters. The topological polar surface area (TPSA) is 86.3 Å². The number of hydrogen-bond donors (Lipinski definition) is 2. The second-order valence-electron chi connectivity index (χ2n) is 10.6. The first-order valence-electron chi connectivity index (χ1n) is 12.7. The average Bonchev–Trinajstić information content (AvgIpc) is 2.97. The van der Waals surface area contributed by atoms with Crippen LogP contribution in [0.4, 0.5) is 10.5 Å². The van der Waals surface area contributed by atoms with E-state index in [2.05, 4.69) is 10.6 Å². The Hall–Kier alpha value is -3.17. The summed E-state index contributed by atoms with van der Waals surface area (Å²) >= 11 is 11.9. The fourth-order valence-electron chi connectivity index (χ4n) is 4.60. The van der Waals surface area contributed by atoms with E-state index in [1.165, 1.54) is 0 Å². The molecule has 2 aromatic rings. The average molecular weight is 556 g/mol. The standard InChI is InChI=1S/C28H34ClN5O3S/c1-28(2,3)37-27(36)34-14-8-9-18(17-34)16-30-26(38)32-24-25(35)33(4)22-13-12-20(29)15-21(22)23(31-24)19-10-6-5-7-11-19/h5-7,10-13,15,18,24H,8-9,14,16-17H2,1-4H3,(H2,30,32,38). The summed E-state index contributed by atoms with van der Waals surface area (Å²) in [5.41, 5.74) is 2.48. The Labute approximate surface area is 234 Å². The molecule has 1 saturated heterocycles. The van der Waals surface area contributed by atoms with Crippen LogP contribution in [0.15, 0.2) is 53.5 Å². The number of ether oxygens (including phenoxy) is 1. The van der Waals surface area contributed by atoms with Crippen LogP contribution < -0.4 is 15.5 Å². The van der Waals surface area contributed by atoms with Gasteiger partial charge in [0.25, 0.3) is 5.91 Å². The summed E-state index contributed by atoms with van der Waals surface area (Å²) in [6, 6.07) is 15.1. The number of nitrogens with zero attached hydrogens (tertiary/aromatic N) is 3.